The van der Waals surface area contributed by atoms with Crippen LogP contribution >= 0.6 is 0 Å². The zero-order chi connectivity index (χ0) is 14.8. The van der Waals surface area contributed by atoms with Crippen molar-refractivity contribution in [3.05, 3.63) is 0 Å². The Bertz CT molecular complexity index is 245. The van der Waals surface area contributed by atoms with Crippen molar-refractivity contribution in [2.24, 2.45) is 27.9 Å². The molecule has 110 valence electrons. The first-order valence-corrected chi connectivity index (χ1v) is 7.57. The Morgan fingerprint density at radius 3 is 1.67 bits per heavy atom. The predicted octanol–water partition coefficient (Wildman–Crippen LogP) is 5.24. The van der Waals surface area contributed by atoms with Gasteiger partial charge >= 0.3 is 0 Å². The second kappa shape index (κ2) is 5.94. The third-order valence-electron chi connectivity index (χ3n) is 4.64. The zero-order valence-electron chi connectivity index (χ0n) is 14.4. The summed E-state index contributed by atoms with van der Waals surface area (Å²) in [5, 5.41) is 0. The van der Waals surface area contributed by atoms with Gasteiger partial charge in [0.2, 0.25) is 0 Å². The van der Waals surface area contributed by atoms with Gasteiger partial charge in [0.05, 0.1) is 0 Å². The first-order valence-electron chi connectivity index (χ1n) is 7.57. The molecule has 0 rings (SSSR count). The summed E-state index contributed by atoms with van der Waals surface area (Å²) in [6, 6.07) is 0.341. The van der Waals surface area contributed by atoms with Crippen molar-refractivity contribution in [2.45, 2.75) is 87.6 Å². The third-order valence-corrected chi connectivity index (χ3v) is 4.64. The highest BCUT2D eigenvalue weighted by atomic mass is 14.6. The molecule has 0 fully saturated rings. The van der Waals surface area contributed by atoms with E-state index < -0.39 is 0 Å². The van der Waals surface area contributed by atoms with Crippen molar-refractivity contribution in [3.63, 3.8) is 0 Å². The van der Waals surface area contributed by atoms with E-state index in [-0.39, 0.29) is 0 Å². The first-order chi connectivity index (χ1) is 7.82. The average molecular weight is 255 g/mol. The van der Waals surface area contributed by atoms with E-state index in [0.29, 0.717) is 28.2 Å². The Hall–Kier alpha value is -0.0400. The lowest BCUT2D eigenvalue weighted by atomic mass is 9.59. The molecule has 0 radical (unpaired) electrons. The molecular weight excluding hydrogens is 218 g/mol. The lowest BCUT2D eigenvalue weighted by Gasteiger charge is -2.46. The van der Waals surface area contributed by atoms with Crippen molar-refractivity contribution >= 4 is 0 Å². The van der Waals surface area contributed by atoms with Gasteiger partial charge in [-0.25, -0.2) is 0 Å². The van der Waals surface area contributed by atoms with E-state index in [0.717, 1.165) is 12.8 Å². The Morgan fingerprint density at radius 1 is 0.889 bits per heavy atom. The first kappa shape index (κ1) is 18.0. The van der Waals surface area contributed by atoms with Gasteiger partial charge in [-0.3, -0.25) is 0 Å². The van der Waals surface area contributed by atoms with E-state index in [4.69, 9.17) is 5.73 Å². The number of hydrogen-bond acceptors (Lipinski definition) is 1. The molecule has 1 heteroatoms. The Balaban J connectivity index is 4.84. The van der Waals surface area contributed by atoms with Crippen molar-refractivity contribution in [1.82, 2.24) is 0 Å². The monoisotopic (exact) mass is 255 g/mol. The van der Waals surface area contributed by atoms with Crippen LogP contribution in [0.4, 0.5) is 0 Å². The minimum absolute atomic E-state index is 0.310. The highest BCUT2D eigenvalue weighted by Crippen LogP contribution is 2.48. The Kier molecular flexibility index (Phi) is 5.93. The van der Waals surface area contributed by atoms with Crippen LogP contribution in [0.5, 0.6) is 0 Å². The van der Waals surface area contributed by atoms with Crippen LogP contribution in [-0.2, 0) is 0 Å². The largest absolute Gasteiger partial charge is 0.328 e. The molecule has 0 bridgehead atoms. The standard InChI is InChI=1S/C17H37N/c1-10-14(18)11-16(6,7)13(2)17(8,9)12-15(3,4)5/h13-14H,10-12,18H2,1-9H3. The van der Waals surface area contributed by atoms with E-state index in [9.17, 15) is 0 Å². The quantitative estimate of drug-likeness (QED) is 0.690. The van der Waals surface area contributed by atoms with E-state index >= 15 is 0 Å². The molecule has 1 nitrogen and oxygen atoms in total. The van der Waals surface area contributed by atoms with Gasteiger partial charge in [0.25, 0.3) is 0 Å². The maximum atomic E-state index is 6.17. The number of hydrogen-bond donors (Lipinski definition) is 1. The summed E-state index contributed by atoms with van der Waals surface area (Å²) < 4.78 is 0. The summed E-state index contributed by atoms with van der Waals surface area (Å²) in [6.07, 6.45) is 3.46. The molecule has 0 aromatic carbocycles. The molecule has 18 heavy (non-hydrogen) atoms. The second-order valence-electron chi connectivity index (χ2n) is 8.81. The Labute approximate surface area is 116 Å². The lowest BCUT2D eigenvalue weighted by Crippen LogP contribution is -2.40. The second-order valence-corrected chi connectivity index (χ2v) is 8.81. The molecule has 0 aromatic heterocycles. The van der Waals surface area contributed by atoms with E-state index in [2.05, 4.69) is 62.3 Å². The van der Waals surface area contributed by atoms with Crippen LogP contribution in [0.2, 0.25) is 0 Å². The van der Waals surface area contributed by atoms with E-state index in [1.165, 1.54) is 6.42 Å². The fourth-order valence-electron chi connectivity index (χ4n) is 3.57. The molecule has 0 aromatic rings. The van der Waals surface area contributed by atoms with Gasteiger partial charge in [-0.15, -0.1) is 0 Å². The predicted molar refractivity (Wildman–Crippen MR) is 83.7 cm³/mol. The number of nitrogens with two attached hydrogens (primary N) is 1. The van der Waals surface area contributed by atoms with Gasteiger partial charge < -0.3 is 5.73 Å². The average Bonchev–Trinajstić information content (AvgIpc) is 2.11. The van der Waals surface area contributed by atoms with Crippen molar-refractivity contribution in [2.75, 3.05) is 0 Å². The van der Waals surface area contributed by atoms with Crippen LogP contribution < -0.4 is 5.73 Å². The summed E-state index contributed by atoms with van der Waals surface area (Å²) in [7, 11) is 0. The van der Waals surface area contributed by atoms with Gasteiger partial charge in [-0.2, -0.15) is 0 Å². The van der Waals surface area contributed by atoms with E-state index in [1.807, 2.05) is 0 Å². The number of rotatable bonds is 6. The summed E-state index contributed by atoms with van der Waals surface area (Å²) in [5.74, 6) is 0.668. The third kappa shape index (κ3) is 5.73. The molecule has 0 aliphatic carbocycles. The van der Waals surface area contributed by atoms with Gasteiger partial charge in [0.15, 0.2) is 0 Å². The molecule has 0 spiro atoms. The van der Waals surface area contributed by atoms with Crippen LogP contribution in [0.25, 0.3) is 0 Å². The molecule has 0 aliphatic heterocycles. The van der Waals surface area contributed by atoms with Gasteiger partial charge in [0, 0.05) is 6.04 Å². The smallest absolute Gasteiger partial charge is 0.00413 e. The molecule has 0 saturated heterocycles. The molecule has 2 N–H and O–H groups in total. The lowest BCUT2D eigenvalue weighted by molar-refractivity contribution is 0.0410. The SMILES string of the molecule is CCC(N)CC(C)(C)C(C)C(C)(C)CC(C)(C)C. The molecule has 2 atom stereocenters. The van der Waals surface area contributed by atoms with Crippen LogP contribution in [0, 0.1) is 22.2 Å². The molecule has 2 unspecified atom stereocenters. The molecule has 0 saturated carbocycles. The van der Waals surface area contributed by atoms with E-state index in [1.54, 1.807) is 0 Å². The van der Waals surface area contributed by atoms with Gasteiger partial charge in [-0.1, -0.05) is 62.3 Å². The normalized spacial score (nSPS) is 17.7. The summed E-state index contributed by atoms with van der Waals surface area (Å²) in [4.78, 5) is 0. The maximum absolute atomic E-state index is 6.17. The molecular formula is C17H37N. The van der Waals surface area contributed by atoms with Crippen molar-refractivity contribution in [1.29, 1.82) is 0 Å². The molecule has 0 aliphatic rings. The fourth-order valence-corrected chi connectivity index (χ4v) is 3.57. The fraction of sp³-hybridized carbons (Fsp3) is 1.00. The summed E-state index contributed by atoms with van der Waals surface area (Å²) in [5.41, 5.74) is 7.22. The molecule has 0 amide bonds. The van der Waals surface area contributed by atoms with Gasteiger partial charge in [0.1, 0.15) is 0 Å². The summed E-state index contributed by atoms with van der Waals surface area (Å²) in [6.45, 7) is 21.2. The highest BCUT2D eigenvalue weighted by Gasteiger charge is 2.39. The topological polar surface area (TPSA) is 26.0 Å². The molecule has 0 heterocycles. The van der Waals surface area contributed by atoms with Gasteiger partial charge in [-0.05, 0) is 41.4 Å². The minimum atomic E-state index is 0.310. The van der Waals surface area contributed by atoms with Crippen LogP contribution in [0.15, 0.2) is 0 Å². The highest BCUT2D eigenvalue weighted by molar-refractivity contribution is 4.90. The van der Waals surface area contributed by atoms with Crippen molar-refractivity contribution in [3.8, 4) is 0 Å². The van der Waals surface area contributed by atoms with Crippen LogP contribution in [0.3, 0.4) is 0 Å². The van der Waals surface area contributed by atoms with Crippen LogP contribution in [-0.4, -0.2) is 6.04 Å². The Morgan fingerprint density at radius 2 is 1.33 bits per heavy atom. The summed E-state index contributed by atoms with van der Waals surface area (Å²) >= 11 is 0. The maximum Gasteiger partial charge on any atom is 0.00413 e. The van der Waals surface area contributed by atoms with Crippen molar-refractivity contribution < 1.29 is 0 Å². The van der Waals surface area contributed by atoms with Crippen LogP contribution in [0.1, 0.15) is 81.6 Å². The zero-order valence-corrected chi connectivity index (χ0v) is 14.4. The minimum Gasteiger partial charge on any atom is -0.328 e.